The van der Waals surface area contributed by atoms with E-state index in [1.165, 1.54) is 18.2 Å². The number of hydrogen-bond acceptors (Lipinski definition) is 8. The van der Waals surface area contributed by atoms with Gasteiger partial charge in [-0.2, -0.15) is 17.4 Å². The molecular formula is C17H22BrF2N7O4S. The third-order valence-electron chi connectivity index (χ3n) is 4.53. The van der Waals surface area contributed by atoms with Gasteiger partial charge in [0.15, 0.2) is 11.5 Å². The average Bonchev–Trinajstić information content (AvgIpc) is 3.34. The summed E-state index contributed by atoms with van der Waals surface area (Å²) in [7, 11) is -3.79. The molecule has 4 N–H and O–H groups in total. The fourth-order valence-electron chi connectivity index (χ4n) is 3.04. The lowest BCUT2D eigenvalue weighted by molar-refractivity contribution is 0.197. The molecule has 0 unspecified atom stereocenters. The average molecular weight is 538 g/mol. The van der Waals surface area contributed by atoms with Crippen LogP contribution in [-0.2, 0) is 10.2 Å². The van der Waals surface area contributed by atoms with Crippen LogP contribution in [0.15, 0.2) is 32.3 Å². The summed E-state index contributed by atoms with van der Waals surface area (Å²) in [4.78, 5) is 4.12. The summed E-state index contributed by atoms with van der Waals surface area (Å²) < 4.78 is 61.5. The highest BCUT2D eigenvalue weighted by Gasteiger charge is 2.43. The Morgan fingerprint density at radius 2 is 2.19 bits per heavy atom. The first-order valence-corrected chi connectivity index (χ1v) is 11.7. The molecule has 1 aromatic carbocycles. The summed E-state index contributed by atoms with van der Waals surface area (Å²) in [6.45, 7) is 2.74. The molecule has 3 rings (SSSR count). The Bertz CT molecular complexity index is 1100. The maximum Gasteiger partial charge on any atom is 0.279 e. The molecule has 0 bridgehead atoms. The minimum atomic E-state index is -3.79. The fourth-order valence-corrected chi connectivity index (χ4v) is 4.88. The van der Waals surface area contributed by atoms with Crippen LogP contribution in [0.4, 0.5) is 20.3 Å². The Labute approximate surface area is 191 Å². The van der Waals surface area contributed by atoms with E-state index in [0.29, 0.717) is 0 Å². The molecule has 1 aliphatic heterocycles. The molecule has 1 saturated heterocycles. The summed E-state index contributed by atoms with van der Waals surface area (Å²) in [6.07, 6.45) is -0.0254. The SMILES string of the molecule is CC(C)NS(=O)(=O)N1CC[C@@](F)(CNc2nonc2C(=Nc2ccc(F)c(Br)c2)NO)C1. The van der Waals surface area contributed by atoms with Crippen molar-refractivity contribution in [2.75, 3.05) is 25.0 Å². The van der Waals surface area contributed by atoms with Gasteiger partial charge in [-0.1, -0.05) is 0 Å². The van der Waals surface area contributed by atoms with Gasteiger partial charge in [0.2, 0.25) is 5.82 Å². The molecule has 0 spiro atoms. The van der Waals surface area contributed by atoms with Gasteiger partial charge < -0.3 is 5.32 Å². The molecular weight excluding hydrogens is 516 g/mol. The number of nitrogens with one attached hydrogen (secondary N) is 3. The summed E-state index contributed by atoms with van der Waals surface area (Å²) in [6, 6.07) is 3.61. The van der Waals surface area contributed by atoms with Gasteiger partial charge in [-0.3, -0.25) is 10.7 Å². The van der Waals surface area contributed by atoms with Crippen molar-refractivity contribution in [1.82, 2.24) is 24.8 Å². The van der Waals surface area contributed by atoms with Crippen molar-refractivity contribution in [3.05, 3.63) is 34.2 Å². The minimum Gasteiger partial charge on any atom is -0.362 e. The number of hydrogen-bond donors (Lipinski definition) is 4. The zero-order chi connectivity index (χ0) is 23.5. The van der Waals surface area contributed by atoms with Gasteiger partial charge in [-0.05, 0) is 64.7 Å². The lowest BCUT2D eigenvalue weighted by Crippen LogP contribution is -2.45. The second-order valence-electron chi connectivity index (χ2n) is 7.50. The van der Waals surface area contributed by atoms with Crippen molar-refractivity contribution in [2.45, 2.75) is 32.0 Å². The van der Waals surface area contributed by atoms with Crippen LogP contribution in [0.1, 0.15) is 26.0 Å². The standard InChI is InChI=1S/C17H22BrF2N7O4S/c1-10(2)26-32(29,30)27-6-5-17(20,9-27)8-21-15-14(24-31-25-15)16(23-28)22-11-3-4-13(19)12(18)7-11/h3-4,7,10,26,28H,5-6,8-9H2,1-2H3,(H,21,25)(H,22,23)/t17-/m1/s1. The third kappa shape index (κ3) is 5.78. The van der Waals surface area contributed by atoms with Crippen LogP contribution in [0.3, 0.4) is 0 Å². The van der Waals surface area contributed by atoms with Crippen LogP contribution >= 0.6 is 15.9 Å². The molecule has 15 heteroatoms. The molecule has 2 heterocycles. The Morgan fingerprint density at radius 3 is 2.84 bits per heavy atom. The highest BCUT2D eigenvalue weighted by atomic mass is 79.9. The van der Waals surface area contributed by atoms with E-state index in [-0.39, 0.29) is 59.6 Å². The third-order valence-corrected chi connectivity index (χ3v) is 6.90. The molecule has 2 aromatic rings. The molecule has 32 heavy (non-hydrogen) atoms. The van der Waals surface area contributed by atoms with Gasteiger partial charge in [-0.15, -0.1) is 0 Å². The van der Waals surface area contributed by atoms with Gasteiger partial charge in [-0.25, -0.2) is 18.4 Å². The summed E-state index contributed by atoms with van der Waals surface area (Å²) in [5.41, 5.74) is 0.214. The molecule has 1 atom stereocenters. The van der Waals surface area contributed by atoms with Crippen LogP contribution < -0.4 is 15.5 Å². The van der Waals surface area contributed by atoms with E-state index in [0.717, 1.165) is 4.31 Å². The Kier molecular flexibility index (Phi) is 7.44. The number of alkyl halides is 1. The van der Waals surface area contributed by atoms with Gasteiger partial charge in [0.1, 0.15) is 11.5 Å². The number of nitrogens with zero attached hydrogens (tertiary/aromatic N) is 4. The summed E-state index contributed by atoms with van der Waals surface area (Å²) in [5.74, 6) is -0.695. The number of anilines is 1. The quantitative estimate of drug-likeness (QED) is 0.227. The van der Waals surface area contributed by atoms with E-state index in [2.05, 4.69) is 45.9 Å². The highest BCUT2D eigenvalue weighted by Crippen LogP contribution is 2.28. The Morgan fingerprint density at radius 1 is 1.44 bits per heavy atom. The van der Waals surface area contributed by atoms with Crippen molar-refractivity contribution in [2.24, 2.45) is 4.99 Å². The second-order valence-corrected chi connectivity index (χ2v) is 10.1. The molecule has 1 aromatic heterocycles. The molecule has 0 aliphatic carbocycles. The van der Waals surface area contributed by atoms with Crippen molar-refractivity contribution in [3.8, 4) is 0 Å². The van der Waals surface area contributed by atoms with E-state index in [9.17, 15) is 18.0 Å². The number of aromatic nitrogens is 2. The maximum atomic E-state index is 15.3. The second kappa shape index (κ2) is 9.74. The van der Waals surface area contributed by atoms with Crippen molar-refractivity contribution < 1.29 is 27.0 Å². The Balaban J connectivity index is 1.72. The first-order chi connectivity index (χ1) is 15.0. The van der Waals surface area contributed by atoms with E-state index in [1.807, 2.05) is 5.48 Å². The van der Waals surface area contributed by atoms with Crippen LogP contribution in [0.5, 0.6) is 0 Å². The number of halogens is 3. The summed E-state index contributed by atoms with van der Waals surface area (Å²) >= 11 is 3.04. The number of rotatable bonds is 8. The van der Waals surface area contributed by atoms with Crippen LogP contribution in [-0.4, -0.2) is 65.4 Å². The zero-order valence-corrected chi connectivity index (χ0v) is 19.5. The fraction of sp³-hybridized carbons (Fsp3) is 0.471. The monoisotopic (exact) mass is 537 g/mol. The number of benzene rings is 1. The van der Waals surface area contributed by atoms with E-state index >= 15 is 4.39 Å². The normalized spacial score (nSPS) is 20.2. The number of hydroxylamine groups is 1. The van der Waals surface area contributed by atoms with Crippen LogP contribution in [0.2, 0.25) is 0 Å². The zero-order valence-electron chi connectivity index (χ0n) is 17.1. The van der Waals surface area contributed by atoms with Crippen molar-refractivity contribution >= 4 is 43.5 Å². The minimum absolute atomic E-state index is 0.0223. The highest BCUT2D eigenvalue weighted by molar-refractivity contribution is 9.10. The van der Waals surface area contributed by atoms with Crippen molar-refractivity contribution in [1.29, 1.82) is 0 Å². The van der Waals surface area contributed by atoms with Crippen LogP contribution in [0.25, 0.3) is 0 Å². The molecule has 0 saturated carbocycles. The number of amidine groups is 1. The lowest BCUT2D eigenvalue weighted by Gasteiger charge is -2.22. The molecule has 0 radical (unpaired) electrons. The molecule has 176 valence electrons. The van der Waals surface area contributed by atoms with E-state index in [4.69, 9.17) is 0 Å². The van der Waals surface area contributed by atoms with Gasteiger partial charge in [0.05, 0.1) is 23.2 Å². The van der Waals surface area contributed by atoms with Gasteiger partial charge in [0, 0.05) is 12.6 Å². The topological polar surface area (TPSA) is 145 Å². The maximum absolute atomic E-state index is 15.3. The first-order valence-electron chi connectivity index (χ1n) is 9.50. The number of aliphatic imine (C=N–C) groups is 1. The Hall–Kier alpha value is -2.20. The van der Waals surface area contributed by atoms with Gasteiger partial charge in [0.25, 0.3) is 10.2 Å². The van der Waals surface area contributed by atoms with Gasteiger partial charge >= 0.3 is 0 Å². The smallest absolute Gasteiger partial charge is 0.279 e. The van der Waals surface area contributed by atoms with Crippen LogP contribution in [0, 0.1) is 5.82 Å². The van der Waals surface area contributed by atoms with Crippen molar-refractivity contribution in [3.63, 3.8) is 0 Å². The lowest BCUT2D eigenvalue weighted by atomic mass is 10.1. The van der Waals surface area contributed by atoms with E-state index < -0.39 is 21.7 Å². The first kappa shape index (κ1) is 24.4. The van der Waals surface area contributed by atoms with E-state index in [1.54, 1.807) is 13.8 Å². The molecule has 0 amide bonds. The molecule has 11 nitrogen and oxygen atoms in total. The largest absolute Gasteiger partial charge is 0.362 e. The molecule has 1 fully saturated rings. The predicted molar refractivity (Wildman–Crippen MR) is 115 cm³/mol. The molecule has 1 aliphatic rings. The predicted octanol–water partition coefficient (Wildman–Crippen LogP) is 2.10. The summed E-state index contributed by atoms with van der Waals surface area (Å²) in [5, 5.41) is 19.5.